The zero-order chi connectivity index (χ0) is 14.1. The number of nitrogen functional groups attached to an aromatic ring is 1. The molecule has 3 rings (SSSR count). The average molecular weight is 266 g/mol. The maximum absolute atomic E-state index is 11.4. The van der Waals surface area contributed by atoms with Crippen molar-refractivity contribution in [2.24, 2.45) is 0 Å². The van der Waals surface area contributed by atoms with Crippen molar-refractivity contribution in [3.8, 4) is 0 Å². The Labute approximate surface area is 118 Å². The summed E-state index contributed by atoms with van der Waals surface area (Å²) in [5.74, 6) is 0.00215. The molecule has 1 aliphatic rings. The number of hydrogen-bond donors (Lipinski definition) is 2. The molecule has 0 bridgehead atoms. The molecule has 0 atom stereocenters. The van der Waals surface area contributed by atoms with Crippen LogP contribution in [-0.2, 0) is 12.8 Å². The highest BCUT2D eigenvalue weighted by Gasteiger charge is 2.20. The molecule has 1 aliphatic carbocycles. The van der Waals surface area contributed by atoms with E-state index in [2.05, 4.69) is 29.6 Å². The Hall–Kier alpha value is -2.29. The van der Waals surface area contributed by atoms with Gasteiger partial charge in [-0.15, -0.1) is 0 Å². The average Bonchev–Trinajstić information content (AvgIpc) is 2.80. The van der Waals surface area contributed by atoms with Gasteiger partial charge in [-0.25, -0.2) is 0 Å². The number of nitrogens with two attached hydrogens (primary N) is 1. The van der Waals surface area contributed by atoms with Crippen LogP contribution in [-0.4, -0.2) is 11.8 Å². The largest absolute Gasteiger partial charge is 0.398 e. The molecule has 0 unspecified atom stereocenters. The van der Waals surface area contributed by atoms with Crippen LogP contribution in [0.4, 0.5) is 11.4 Å². The van der Waals surface area contributed by atoms with Crippen LogP contribution in [0.2, 0.25) is 0 Å². The van der Waals surface area contributed by atoms with Gasteiger partial charge in [0.05, 0.1) is 0 Å². The Kier molecular flexibility index (Phi) is 3.18. The lowest BCUT2D eigenvalue weighted by Crippen LogP contribution is -2.19. The van der Waals surface area contributed by atoms with Crippen LogP contribution in [0.25, 0.3) is 0 Å². The number of fused-ring (bicyclic) bond motifs is 1. The zero-order valence-electron chi connectivity index (χ0n) is 11.5. The lowest BCUT2D eigenvalue weighted by atomic mass is 10.1. The highest BCUT2D eigenvalue weighted by Crippen LogP contribution is 2.26. The van der Waals surface area contributed by atoms with E-state index in [4.69, 9.17) is 5.73 Å². The first kappa shape index (κ1) is 12.7. The molecular weight excluding hydrogens is 248 g/mol. The first-order chi connectivity index (χ1) is 9.63. The van der Waals surface area contributed by atoms with Gasteiger partial charge in [-0.05, 0) is 49.1 Å². The second-order valence-electron chi connectivity index (χ2n) is 5.38. The summed E-state index contributed by atoms with van der Waals surface area (Å²) in [6, 6.07) is 14.5. The fourth-order valence-corrected chi connectivity index (χ4v) is 2.87. The van der Waals surface area contributed by atoms with E-state index in [1.807, 2.05) is 12.1 Å². The van der Waals surface area contributed by atoms with Crippen molar-refractivity contribution in [1.82, 2.24) is 0 Å². The van der Waals surface area contributed by atoms with Gasteiger partial charge in [-0.2, -0.15) is 0 Å². The molecule has 0 fully saturated rings. The third-order valence-corrected chi connectivity index (χ3v) is 3.85. The van der Waals surface area contributed by atoms with Gasteiger partial charge < -0.3 is 11.1 Å². The first-order valence-corrected chi connectivity index (χ1v) is 6.87. The summed E-state index contributed by atoms with van der Waals surface area (Å²) in [5, 5.41) is 3.50. The summed E-state index contributed by atoms with van der Waals surface area (Å²) >= 11 is 0. The number of nitrogens with one attached hydrogen (secondary N) is 1. The van der Waals surface area contributed by atoms with Gasteiger partial charge in [0.1, 0.15) is 0 Å². The second-order valence-corrected chi connectivity index (χ2v) is 5.38. The normalized spacial score (nSPS) is 14.1. The standard InChI is InChI=1S/C17H18N2O/c1-11(20)16-7-6-14(10-17(16)18)19-15-8-12-4-2-3-5-13(12)9-15/h2-7,10,15,19H,8-9,18H2,1H3. The maximum atomic E-state index is 11.4. The van der Waals surface area contributed by atoms with Gasteiger partial charge in [0.2, 0.25) is 0 Å². The van der Waals surface area contributed by atoms with E-state index in [1.165, 1.54) is 18.1 Å². The molecule has 3 N–H and O–H groups in total. The van der Waals surface area contributed by atoms with Crippen LogP contribution in [0.15, 0.2) is 42.5 Å². The minimum Gasteiger partial charge on any atom is -0.398 e. The summed E-state index contributed by atoms with van der Waals surface area (Å²) in [6.45, 7) is 1.53. The molecule has 0 amide bonds. The summed E-state index contributed by atoms with van der Waals surface area (Å²) in [4.78, 5) is 11.4. The molecule has 0 aromatic heterocycles. The van der Waals surface area contributed by atoms with Crippen LogP contribution in [0.5, 0.6) is 0 Å². The Balaban J connectivity index is 1.74. The van der Waals surface area contributed by atoms with Crippen LogP contribution >= 0.6 is 0 Å². The van der Waals surface area contributed by atoms with Gasteiger partial charge in [-0.3, -0.25) is 4.79 Å². The van der Waals surface area contributed by atoms with Gasteiger partial charge >= 0.3 is 0 Å². The van der Waals surface area contributed by atoms with Crippen molar-refractivity contribution >= 4 is 17.2 Å². The van der Waals surface area contributed by atoms with Gasteiger partial charge in [0.15, 0.2) is 5.78 Å². The highest BCUT2D eigenvalue weighted by molar-refractivity contribution is 5.99. The molecule has 0 saturated carbocycles. The van der Waals surface area contributed by atoms with E-state index in [0.29, 0.717) is 17.3 Å². The molecule has 2 aromatic rings. The Bertz CT molecular complexity index is 639. The van der Waals surface area contributed by atoms with Crippen molar-refractivity contribution in [3.63, 3.8) is 0 Å². The molecule has 20 heavy (non-hydrogen) atoms. The number of ketones is 1. The minimum atomic E-state index is 0.00215. The summed E-state index contributed by atoms with van der Waals surface area (Å²) < 4.78 is 0. The quantitative estimate of drug-likeness (QED) is 0.663. The van der Waals surface area contributed by atoms with Gasteiger partial charge in [0, 0.05) is 23.0 Å². The number of carbonyl (C=O) groups excluding carboxylic acids is 1. The van der Waals surface area contributed by atoms with Crippen molar-refractivity contribution in [3.05, 3.63) is 59.2 Å². The van der Waals surface area contributed by atoms with E-state index in [1.54, 1.807) is 6.07 Å². The van der Waals surface area contributed by atoms with E-state index < -0.39 is 0 Å². The Morgan fingerprint density at radius 2 is 1.80 bits per heavy atom. The number of carbonyl (C=O) groups is 1. The fraction of sp³-hybridized carbons (Fsp3) is 0.235. The van der Waals surface area contributed by atoms with Crippen LogP contribution in [0, 0.1) is 0 Å². The highest BCUT2D eigenvalue weighted by atomic mass is 16.1. The van der Waals surface area contributed by atoms with Crippen LogP contribution in [0.1, 0.15) is 28.4 Å². The molecule has 3 nitrogen and oxygen atoms in total. The first-order valence-electron chi connectivity index (χ1n) is 6.87. The van der Waals surface area contributed by atoms with E-state index >= 15 is 0 Å². The minimum absolute atomic E-state index is 0.00215. The third kappa shape index (κ3) is 2.39. The van der Waals surface area contributed by atoms with Crippen molar-refractivity contribution < 1.29 is 4.79 Å². The van der Waals surface area contributed by atoms with Crippen molar-refractivity contribution in [2.45, 2.75) is 25.8 Å². The van der Waals surface area contributed by atoms with Gasteiger partial charge in [0.25, 0.3) is 0 Å². The van der Waals surface area contributed by atoms with Crippen molar-refractivity contribution in [2.75, 3.05) is 11.1 Å². The number of Topliss-reactive ketones (excluding diaryl/α,β-unsaturated/α-hetero) is 1. The van der Waals surface area contributed by atoms with E-state index in [-0.39, 0.29) is 5.78 Å². The number of hydrogen-bond acceptors (Lipinski definition) is 3. The number of benzene rings is 2. The predicted octanol–water partition coefficient (Wildman–Crippen LogP) is 3.05. The monoisotopic (exact) mass is 266 g/mol. The van der Waals surface area contributed by atoms with E-state index in [0.717, 1.165) is 18.5 Å². The molecule has 0 saturated heterocycles. The molecule has 0 heterocycles. The zero-order valence-corrected chi connectivity index (χ0v) is 11.5. The lowest BCUT2D eigenvalue weighted by Gasteiger charge is -2.15. The van der Waals surface area contributed by atoms with Crippen molar-refractivity contribution in [1.29, 1.82) is 0 Å². The molecule has 3 heteroatoms. The smallest absolute Gasteiger partial charge is 0.161 e. The maximum Gasteiger partial charge on any atom is 0.161 e. The molecule has 102 valence electrons. The SMILES string of the molecule is CC(=O)c1ccc(NC2Cc3ccccc3C2)cc1N. The number of anilines is 2. The summed E-state index contributed by atoms with van der Waals surface area (Å²) in [6.07, 6.45) is 2.06. The third-order valence-electron chi connectivity index (χ3n) is 3.85. The Morgan fingerprint density at radius 3 is 2.35 bits per heavy atom. The molecule has 0 aliphatic heterocycles. The lowest BCUT2D eigenvalue weighted by molar-refractivity contribution is 0.101. The van der Waals surface area contributed by atoms with Gasteiger partial charge in [-0.1, -0.05) is 24.3 Å². The van der Waals surface area contributed by atoms with Crippen LogP contribution in [0.3, 0.4) is 0 Å². The van der Waals surface area contributed by atoms with Crippen LogP contribution < -0.4 is 11.1 Å². The summed E-state index contributed by atoms with van der Waals surface area (Å²) in [5.41, 5.74) is 10.9. The Morgan fingerprint density at radius 1 is 1.15 bits per heavy atom. The second kappa shape index (κ2) is 5.00. The fourth-order valence-electron chi connectivity index (χ4n) is 2.87. The summed E-state index contributed by atoms with van der Waals surface area (Å²) in [7, 11) is 0. The molecule has 2 aromatic carbocycles. The predicted molar refractivity (Wildman–Crippen MR) is 82.1 cm³/mol. The topological polar surface area (TPSA) is 55.1 Å². The molecule has 0 radical (unpaired) electrons. The number of rotatable bonds is 3. The molecular formula is C17H18N2O. The van der Waals surface area contributed by atoms with E-state index in [9.17, 15) is 4.79 Å². The molecule has 0 spiro atoms.